The van der Waals surface area contributed by atoms with E-state index in [1.165, 1.54) is 0 Å². The van der Waals surface area contributed by atoms with Crippen molar-refractivity contribution in [3.05, 3.63) is 11.6 Å². The average Bonchev–Trinajstić information content (AvgIpc) is 1.59. The lowest BCUT2D eigenvalue weighted by atomic mass is 10.2. The van der Waals surface area contributed by atoms with Gasteiger partial charge in [-0.15, -0.1) is 0 Å². The van der Waals surface area contributed by atoms with E-state index in [1.807, 2.05) is 0 Å². The summed E-state index contributed by atoms with van der Waals surface area (Å²) in [6, 6.07) is 0. The summed E-state index contributed by atoms with van der Waals surface area (Å²) in [4.78, 5) is 0. The Morgan fingerprint density at radius 3 is 2.10 bits per heavy atom. The van der Waals surface area contributed by atoms with Crippen molar-refractivity contribution < 1.29 is 13.2 Å². The molecule has 3 heteroatoms. The van der Waals surface area contributed by atoms with Gasteiger partial charge in [-0.2, -0.15) is 13.2 Å². The van der Waals surface area contributed by atoms with Crippen LogP contribution in [-0.2, 0) is 0 Å². The van der Waals surface area contributed by atoms with Gasteiger partial charge in [0.1, 0.15) is 0 Å². The molecule has 0 aliphatic heterocycles. The lowest BCUT2D eigenvalue weighted by molar-refractivity contribution is -0.133. The molecule has 0 aliphatic rings. The Balaban J connectivity index is 3.47. The fourth-order valence-corrected chi connectivity index (χ4v) is 0.454. The summed E-state index contributed by atoms with van der Waals surface area (Å²) >= 11 is 0. The number of alkyl halides is 3. The molecule has 0 aliphatic carbocycles. The van der Waals surface area contributed by atoms with Crippen LogP contribution >= 0.6 is 0 Å². The summed E-state index contributed by atoms with van der Waals surface area (Å²) in [5.74, 6) is 0. The van der Waals surface area contributed by atoms with Crippen LogP contribution in [0.1, 0.15) is 26.7 Å². The van der Waals surface area contributed by atoms with Crippen LogP contribution in [0.3, 0.4) is 0 Å². The second-order valence-corrected chi connectivity index (χ2v) is 2.29. The van der Waals surface area contributed by atoms with E-state index < -0.39 is 12.6 Å². The zero-order chi connectivity index (χ0) is 8.20. The third-order valence-electron chi connectivity index (χ3n) is 0.887. The highest BCUT2D eigenvalue weighted by Gasteiger charge is 2.25. The molecule has 0 atom stereocenters. The van der Waals surface area contributed by atoms with Gasteiger partial charge in [0.15, 0.2) is 0 Å². The molecule has 59 valence electrons. The molecule has 10 heavy (non-hydrogen) atoms. The van der Waals surface area contributed by atoms with Crippen LogP contribution in [0, 0.1) is 6.08 Å². The van der Waals surface area contributed by atoms with E-state index in [0.717, 1.165) is 5.57 Å². The minimum Gasteiger partial charge on any atom is -0.171 e. The Hall–Kier alpha value is -0.470. The van der Waals surface area contributed by atoms with E-state index in [9.17, 15) is 13.2 Å². The molecule has 0 unspecified atom stereocenters. The van der Waals surface area contributed by atoms with Gasteiger partial charge in [-0.3, -0.25) is 0 Å². The first kappa shape index (κ1) is 9.53. The predicted molar refractivity (Wildman–Crippen MR) is 33.4 cm³/mol. The number of halogens is 3. The van der Waals surface area contributed by atoms with Crippen LogP contribution in [0.15, 0.2) is 5.57 Å². The number of rotatable bonds is 2. The van der Waals surface area contributed by atoms with Crippen molar-refractivity contribution in [2.75, 3.05) is 0 Å². The molecule has 0 saturated carbocycles. The largest absolute Gasteiger partial charge is 0.389 e. The Morgan fingerprint density at radius 1 is 1.30 bits per heavy atom. The summed E-state index contributed by atoms with van der Waals surface area (Å²) in [5, 5.41) is 0. The molecule has 0 spiro atoms. The lowest BCUT2D eigenvalue weighted by Crippen LogP contribution is -2.05. The highest BCUT2D eigenvalue weighted by atomic mass is 19.4. The smallest absolute Gasteiger partial charge is 0.171 e. The molecule has 0 rings (SSSR count). The Kier molecular flexibility index (Phi) is 3.47. The first-order chi connectivity index (χ1) is 4.42. The summed E-state index contributed by atoms with van der Waals surface area (Å²) in [5.41, 5.74) is 0.809. The van der Waals surface area contributed by atoms with E-state index in [-0.39, 0.29) is 6.42 Å². The summed E-state index contributed by atoms with van der Waals surface area (Å²) in [7, 11) is 0. The van der Waals surface area contributed by atoms with Gasteiger partial charge in [-0.1, -0.05) is 5.57 Å². The van der Waals surface area contributed by atoms with Gasteiger partial charge in [0.05, 0.1) is 0 Å². The zero-order valence-corrected chi connectivity index (χ0v) is 6.05. The van der Waals surface area contributed by atoms with Crippen molar-refractivity contribution >= 4 is 0 Å². The van der Waals surface area contributed by atoms with Crippen molar-refractivity contribution in [2.24, 2.45) is 0 Å². The molecular formula is C7H10F3. The molecule has 0 aromatic rings. The second kappa shape index (κ2) is 3.64. The van der Waals surface area contributed by atoms with Gasteiger partial charge < -0.3 is 0 Å². The Morgan fingerprint density at radius 2 is 1.80 bits per heavy atom. The molecule has 0 nitrogen and oxygen atoms in total. The second-order valence-electron chi connectivity index (χ2n) is 2.29. The molecule has 0 bridgehead atoms. The van der Waals surface area contributed by atoms with Crippen LogP contribution in [0.5, 0.6) is 0 Å². The highest BCUT2D eigenvalue weighted by molar-refractivity contribution is 4.85. The fraction of sp³-hybridized carbons (Fsp3) is 0.714. The van der Waals surface area contributed by atoms with E-state index in [4.69, 9.17) is 0 Å². The van der Waals surface area contributed by atoms with Crippen molar-refractivity contribution in [3.63, 3.8) is 0 Å². The molecule has 0 N–H and O–H groups in total. The number of hydrogen-bond donors (Lipinski definition) is 0. The summed E-state index contributed by atoms with van der Waals surface area (Å²) in [6.07, 6.45) is -2.23. The summed E-state index contributed by atoms with van der Waals surface area (Å²) in [6.45, 7) is 3.47. The molecule has 0 aromatic carbocycles. The monoisotopic (exact) mass is 151 g/mol. The topological polar surface area (TPSA) is 0 Å². The number of hydrogen-bond acceptors (Lipinski definition) is 0. The van der Waals surface area contributed by atoms with Crippen molar-refractivity contribution in [2.45, 2.75) is 32.9 Å². The van der Waals surface area contributed by atoms with Crippen molar-refractivity contribution in [1.82, 2.24) is 0 Å². The van der Waals surface area contributed by atoms with E-state index >= 15 is 0 Å². The third kappa shape index (κ3) is 7.53. The van der Waals surface area contributed by atoms with Gasteiger partial charge in [0.2, 0.25) is 0 Å². The van der Waals surface area contributed by atoms with Crippen molar-refractivity contribution in [3.8, 4) is 0 Å². The SMILES string of the molecule is CC(C)=[C]CCC(F)(F)F. The molecule has 0 saturated heterocycles. The maximum Gasteiger partial charge on any atom is 0.389 e. The van der Waals surface area contributed by atoms with Gasteiger partial charge in [0, 0.05) is 6.42 Å². The van der Waals surface area contributed by atoms with Crippen LogP contribution in [-0.4, -0.2) is 6.18 Å². The Bertz CT molecular complexity index is 117. The normalized spacial score (nSPS) is 11.3. The van der Waals surface area contributed by atoms with Crippen LogP contribution in [0.4, 0.5) is 13.2 Å². The van der Waals surface area contributed by atoms with Gasteiger partial charge >= 0.3 is 6.18 Å². The van der Waals surface area contributed by atoms with Gasteiger partial charge in [-0.05, 0) is 26.3 Å². The van der Waals surface area contributed by atoms with Crippen LogP contribution in [0.25, 0.3) is 0 Å². The lowest BCUT2D eigenvalue weighted by Gasteiger charge is -2.01. The molecule has 1 radical (unpaired) electrons. The van der Waals surface area contributed by atoms with Crippen LogP contribution in [0.2, 0.25) is 0 Å². The van der Waals surface area contributed by atoms with Gasteiger partial charge in [0.25, 0.3) is 0 Å². The maximum absolute atomic E-state index is 11.5. The Labute approximate surface area is 58.7 Å². The molecule has 0 fully saturated rings. The quantitative estimate of drug-likeness (QED) is 0.568. The zero-order valence-electron chi connectivity index (χ0n) is 6.05. The van der Waals surface area contributed by atoms with E-state index in [0.29, 0.717) is 0 Å². The summed E-state index contributed by atoms with van der Waals surface area (Å²) < 4.78 is 34.4. The molecular weight excluding hydrogens is 141 g/mol. The molecule has 0 aromatic heterocycles. The minimum atomic E-state index is -4.04. The minimum absolute atomic E-state index is 0.0220. The molecule has 0 amide bonds. The van der Waals surface area contributed by atoms with E-state index in [1.54, 1.807) is 13.8 Å². The maximum atomic E-state index is 11.5. The van der Waals surface area contributed by atoms with Crippen LogP contribution < -0.4 is 0 Å². The van der Waals surface area contributed by atoms with Crippen molar-refractivity contribution in [1.29, 1.82) is 0 Å². The van der Waals surface area contributed by atoms with E-state index in [2.05, 4.69) is 6.08 Å². The average molecular weight is 151 g/mol. The first-order valence-corrected chi connectivity index (χ1v) is 3.02. The standard InChI is InChI=1S/C7H10F3/c1-6(2)4-3-5-7(8,9)10/h3,5H2,1-2H3. The molecule has 0 heterocycles. The first-order valence-electron chi connectivity index (χ1n) is 3.02. The predicted octanol–water partition coefficient (Wildman–Crippen LogP) is 3.10. The third-order valence-corrected chi connectivity index (χ3v) is 0.887. The number of allylic oxidation sites excluding steroid dienone is 2. The fourth-order valence-electron chi connectivity index (χ4n) is 0.454. The highest BCUT2D eigenvalue weighted by Crippen LogP contribution is 2.21. The van der Waals surface area contributed by atoms with Gasteiger partial charge in [-0.25, -0.2) is 0 Å².